The summed E-state index contributed by atoms with van der Waals surface area (Å²) in [5.74, 6) is 0.118. The quantitative estimate of drug-likeness (QED) is 0.654. The van der Waals surface area contributed by atoms with E-state index >= 15 is 0 Å². The lowest BCUT2D eigenvalue weighted by atomic mass is 10.2. The molecule has 2 N–H and O–H groups in total. The normalized spacial score (nSPS) is 10.8. The Morgan fingerprint density at radius 2 is 2.00 bits per heavy atom. The molecule has 0 aromatic carbocycles. The average molecular weight is 281 g/mol. The minimum absolute atomic E-state index is 0.118. The smallest absolute Gasteiger partial charge is 0.244 e. The second kappa shape index (κ2) is 9.47. The predicted octanol–water partition coefficient (Wildman–Crippen LogP) is 1.21. The molecule has 0 bridgehead atoms. The van der Waals surface area contributed by atoms with E-state index in [1.807, 2.05) is 11.1 Å². The van der Waals surface area contributed by atoms with Crippen LogP contribution in [-0.2, 0) is 17.8 Å². The topological polar surface area (TPSA) is 77.0 Å². The SMILES string of the molecule is CCCN(CCC)C(=O)Cn1cc(CCCCN)nn1. The van der Waals surface area contributed by atoms with Gasteiger partial charge in [-0.25, -0.2) is 4.68 Å². The average Bonchev–Trinajstić information content (AvgIpc) is 2.86. The molecule has 0 saturated heterocycles. The van der Waals surface area contributed by atoms with Gasteiger partial charge in [-0.1, -0.05) is 19.1 Å². The van der Waals surface area contributed by atoms with E-state index in [0.717, 1.165) is 50.9 Å². The number of aromatic nitrogens is 3. The van der Waals surface area contributed by atoms with Crippen LogP contribution in [0.1, 0.15) is 45.2 Å². The van der Waals surface area contributed by atoms with E-state index in [9.17, 15) is 4.79 Å². The summed E-state index contributed by atoms with van der Waals surface area (Å²) in [6.45, 7) is 6.77. The monoisotopic (exact) mass is 281 g/mol. The van der Waals surface area contributed by atoms with Gasteiger partial charge >= 0.3 is 0 Å². The van der Waals surface area contributed by atoms with Crippen molar-refractivity contribution in [2.45, 2.75) is 52.5 Å². The van der Waals surface area contributed by atoms with E-state index in [-0.39, 0.29) is 12.5 Å². The molecule has 1 amide bonds. The first kappa shape index (κ1) is 16.6. The van der Waals surface area contributed by atoms with Gasteiger partial charge in [-0.15, -0.1) is 5.10 Å². The zero-order valence-corrected chi connectivity index (χ0v) is 12.7. The molecule has 1 rings (SSSR count). The van der Waals surface area contributed by atoms with Gasteiger partial charge in [0, 0.05) is 19.3 Å². The van der Waals surface area contributed by atoms with Crippen molar-refractivity contribution in [1.29, 1.82) is 0 Å². The van der Waals surface area contributed by atoms with Gasteiger partial charge in [0.1, 0.15) is 6.54 Å². The molecule has 1 aromatic rings. The van der Waals surface area contributed by atoms with Crippen molar-refractivity contribution in [1.82, 2.24) is 19.9 Å². The molecule has 0 aliphatic heterocycles. The van der Waals surface area contributed by atoms with Crippen molar-refractivity contribution in [3.05, 3.63) is 11.9 Å². The Hall–Kier alpha value is -1.43. The summed E-state index contributed by atoms with van der Waals surface area (Å²) < 4.78 is 1.64. The molecule has 0 fully saturated rings. The van der Waals surface area contributed by atoms with Crippen molar-refractivity contribution in [2.24, 2.45) is 5.73 Å². The number of carbonyl (C=O) groups is 1. The highest BCUT2D eigenvalue weighted by Crippen LogP contribution is 2.02. The zero-order chi connectivity index (χ0) is 14.8. The lowest BCUT2D eigenvalue weighted by Gasteiger charge is -2.21. The molecule has 0 aliphatic rings. The van der Waals surface area contributed by atoms with Gasteiger partial charge in [0.05, 0.1) is 5.69 Å². The summed E-state index contributed by atoms with van der Waals surface area (Å²) in [5.41, 5.74) is 6.40. The van der Waals surface area contributed by atoms with Crippen LogP contribution < -0.4 is 5.73 Å². The Morgan fingerprint density at radius 3 is 2.60 bits per heavy atom. The van der Waals surface area contributed by atoms with Gasteiger partial charge in [-0.05, 0) is 38.6 Å². The summed E-state index contributed by atoms with van der Waals surface area (Å²) in [6.07, 6.45) is 6.71. The minimum atomic E-state index is 0.118. The fourth-order valence-corrected chi connectivity index (χ4v) is 2.12. The first-order valence-electron chi connectivity index (χ1n) is 7.58. The standard InChI is InChI=1S/C14H27N5O/c1-3-9-18(10-4-2)14(20)12-19-11-13(16-17-19)7-5-6-8-15/h11H,3-10,12,15H2,1-2H3. The third kappa shape index (κ3) is 5.69. The van der Waals surface area contributed by atoms with E-state index in [1.54, 1.807) is 4.68 Å². The molecule has 0 atom stereocenters. The second-order valence-electron chi connectivity index (χ2n) is 5.03. The summed E-state index contributed by atoms with van der Waals surface area (Å²) in [7, 11) is 0. The molecule has 20 heavy (non-hydrogen) atoms. The number of nitrogens with two attached hydrogens (primary N) is 1. The number of hydrogen-bond acceptors (Lipinski definition) is 4. The van der Waals surface area contributed by atoms with Crippen molar-refractivity contribution in [3.8, 4) is 0 Å². The highest BCUT2D eigenvalue weighted by Gasteiger charge is 2.13. The number of nitrogens with zero attached hydrogens (tertiary/aromatic N) is 4. The number of aryl methyl sites for hydroxylation is 1. The summed E-state index contributed by atoms with van der Waals surface area (Å²) in [5, 5.41) is 8.12. The molecule has 6 nitrogen and oxygen atoms in total. The minimum Gasteiger partial charge on any atom is -0.341 e. The van der Waals surface area contributed by atoms with E-state index in [2.05, 4.69) is 24.2 Å². The van der Waals surface area contributed by atoms with Crippen LogP contribution in [0.5, 0.6) is 0 Å². The predicted molar refractivity (Wildman–Crippen MR) is 79.2 cm³/mol. The third-order valence-electron chi connectivity index (χ3n) is 3.11. The molecule has 0 aliphatic carbocycles. The molecular formula is C14H27N5O. The number of carbonyl (C=O) groups excluding carboxylic acids is 1. The highest BCUT2D eigenvalue weighted by atomic mass is 16.2. The van der Waals surface area contributed by atoms with Crippen molar-refractivity contribution >= 4 is 5.91 Å². The Kier molecular flexibility index (Phi) is 7.87. The van der Waals surface area contributed by atoms with Gasteiger partial charge in [-0.2, -0.15) is 0 Å². The lowest BCUT2D eigenvalue weighted by Crippen LogP contribution is -2.35. The Labute approximate surface area is 121 Å². The molecule has 1 aromatic heterocycles. The highest BCUT2D eigenvalue weighted by molar-refractivity contribution is 5.75. The molecule has 1 heterocycles. The van der Waals surface area contributed by atoms with E-state index < -0.39 is 0 Å². The molecular weight excluding hydrogens is 254 g/mol. The van der Waals surface area contributed by atoms with Gasteiger partial charge in [-0.3, -0.25) is 4.79 Å². The molecule has 0 spiro atoms. The van der Waals surface area contributed by atoms with Crippen molar-refractivity contribution < 1.29 is 4.79 Å². The van der Waals surface area contributed by atoms with E-state index in [1.165, 1.54) is 0 Å². The summed E-state index contributed by atoms with van der Waals surface area (Å²) >= 11 is 0. The number of unbranched alkanes of at least 4 members (excludes halogenated alkanes) is 1. The summed E-state index contributed by atoms with van der Waals surface area (Å²) in [4.78, 5) is 14.1. The molecule has 0 radical (unpaired) electrons. The van der Waals surface area contributed by atoms with Gasteiger partial charge < -0.3 is 10.6 Å². The molecule has 114 valence electrons. The van der Waals surface area contributed by atoms with E-state index in [4.69, 9.17) is 5.73 Å². The van der Waals surface area contributed by atoms with Crippen LogP contribution in [0, 0.1) is 0 Å². The lowest BCUT2D eigenvalue weighted by molar-refractivity contribution is -0.132. The van der Waals surface area contributed by atoms with Crippen LogP contribution in [0.25, 0.3) is 0 Å². The summed E-state index contributed by atoms with van der Waals surface area (Å²) in [6, 6.07) is 0. The van der Waals surface area contributed by atoms with Crippen molar-refractivity contribution in [2.75, 3.05) is 19.6 Å². The molecule has 0 saturated carbocycles. The number of hydrogen-bond donors (Lipinski definition) is 1. The van der Waals surface area contributed by atoms with Crippen LogP contribution in [0.2, 0.25) is 0 Å². The first-order chi connectivity index (χ1) is 9.71. The van der Waals surface area contributed by atoms with Crippen LogP contribution in [0.3, 0.4) is 0 Å². The van der Waals surface area contributed by atoms with Crippen LogP contribution in [0.15, 0.2) is 6.20 Å². The molecule has 0 unspecified atom stereocenters. The first-order valence-corrected chi connectivity index (χ1v) is 7.58. The van der Waals surface area contributed by atoms with Gasteiger partial charge in [0.2, 0.25) is 5.91 Å². The second-order valence-corrected chi connectivity index (χ2v) is 5.03. The zero-order valence-electron chi connectivity index (χ0n) is 12.7. The third-order valence-corrected chi connectivity index (χ3v) is 3.11. The maximum atomic E-state index is 12.2. The fraction of sp³-hybridized carbons (Fsp3) is 0.786. The van der Waals surface area contributed by atoms with Gasteiger partial charge in [0.25, 0.3) is 0 Å². The maximum Gasteiger partial charge on any atom is 0.244 e. The van der Waals surface area contributed by atoms with Crippen LogP contribution >= 0.6 is 0 Å². The van der Waals surface area contributed by atoms with E-state index in [0.29, 0.717) is 6.54 Å². The van der Waals surface area contributed by atoms with Crippen LogP contribution in [0.4, 0.5) is 0 Å². The fourth-order valence-electron chi connectivity index (χ4n) is 2.12. The number of amides is 1. The Balaban J connectivity index is 2.48. The van der Waals surface area contributed by atoms with Crippen LogP contribution in [-0.4, -0.2) is 45.4 Å². The number of rotatable bonds is 10. The maximum absolute atomic E-state index is 12.2. The Bertz CT molecular complexity index is 385. The van der Waals surface area contributed by atoms with Gasteiger partial charge in [0.15, 0.2) is 0 Å². The largest absolute Gasteiger partial charge is 0.341 e. The molecule has 6 heteroatoms. The van der Waals surface area contributed by atoms with Crippen molar-refractivity contribution in [3.63, 3.8) is 0 Å². The Morgan fingerprint density at radius 1 is 1.30 bits per heavy atom.